The second-order valence-electron chi connectivity index (χ2n) is 1.93. The van der Waals surface area contributed by atoms with Gasteiger partial charge in [-0.05, 0) is 0 Å². The summed E-state index contributed by atoms with van der Waals surface area (Å²) in [5.41, 5.74) is -0.283. The molecule has 1 rings (SSSR count). The Labute approximate surface area is 62.1 Å². The third kappa shape index (κ3) is 2.01. The smallest absolute Gasteiger partial charge is 0.308 e. The summed E-state index contributed by atoms with van der Waals surface area (Å²) < 4.78 is 11.2. The fraction of sp³-hybridized carbons (Fsp3) is 0. The van der Waals surface area contributed by atoms with E-state index < -0.39 is 7.75 Å². The minimum Gasteiger partial charge on any atom is -0.308 e. The van der Waals surface area contributed by atoms with Crippen LogP contribution in [0.3, 0.4) is 0 Å². The fourth-order valence-corrected chi connectivity index (χ4v) is 1.06. The Hall–Kier alpha value is -0.900. The molecule has 0 aliphatic rings. The molecule has 0 aliphatic heterocycles. The Bertz CT molecular complexity index is 331. The molecular weight excluding hydrogens is 169 g/mol. The Kier molecular flexibility index (Phi) is 1.95. The van der Waals surface area contributed by atoms with Gasteiger partial charge in [0.25, 0.3) is 0 Å². The quantitative estimate of drug-likeness (QED) is 0.578. The molecule has 0 aromatic carbocycles. The average molecular weight is 175 g/mol. The maximum atomic E-state index is 10.5. The van der Waals surface area contributed by atoms with E-state index in [0.29, 0.717) is 4.34 Å². The molecule has 0 unspecified atom stereocenters. The van der Waals surface area contributed by atoms with Crippen molar-refractivity contribution in [1.82, 2.24) is 4.34 Å². The first-order chi connectivity index (χ1) is 5.00. The summed E-state index contributed by atoms with van der Waals surface area (Å²) in [6, 6.07) is 2.16. The highest BCUT2D eigenvalue weighted by Gasteiger charge is 2.12. The van der Waals surface area contributed by atoms with Crippen molar-refractivity contribution in [2.75, 3.05) is 0 Å². The van der Waals surface area contributed by atoms with Crippen LogP contribution in [0.1, 0.15) is 0 Å². The van der Waals surface area contributed by atoms with E-state index in [1.165, 1.54) is 0 Å². The first kappa shape index (κ1) is 8.20. The van der Waals surface area contributed by atoms with Gasteiger partial charge in [0, 0.05) is 24.5 Å². The summed E-state index contributed by atoms with van der Waals surface area (Å²) in [4.78, 5) is 27.6. The minimum absolute atomic E-state index is 0.283. The van der Waals surface area contributed by atoms with Gasteiger partial charge in [0.2, 0.25) is 0 Å². The van der Waals surface area contributed by atoms with Gasteiger partial charge in [0.1, 0.15) is 0 Å². The van der Waals surface area contributed by atoms with Crippen LogP contribution in [0.25, 0.3) is 0 Å². The number of aromatic nitrogens is 1. The van der Waals surface area contributed by atoms with Crippen molar-refractivity contribution in [2.45, 2.75) is 0 Å². The van der Waals surface area contributed by atoms with E-state index in [9.17, 15) is 9.36 Å². The topological polar surface area (TPSA) is 79.5 Å². The Balaban J connectivity index is 3.20. The van der Waals surface area contributed by atoms with Gasteiger partial charge < -0.3 is 9.79 Å². The zero-order valence-corrected chi connectivity index (χ0v) is 6.31. The lowest BCUT2D eigenvalue weighted by Crippen LogP contribution is -2.01. The van der Waals surface area contributed by atoms with Crippen LogP contribution in [-0.4, -0.2) is 14.1 Å². The molecule has 2 N–H and O–H groups in total. The number of pyridine rings is 1. The number of nitrogens with zero attached hydrogens (tertiary/aromatic N) is 1. The van der Waals surface area contributed by atoms with Crippen LogP contribution in [0, 0.1) is 0 Å². The average Bonchev–Trinajstić information content (AvgIpc) is 1.86. The van der Waals surface area contributed by atoms with E-state index >= 15 is 0 Å². The standard InChI is InChI=1S/C5H6NO4P/c7-5-1-3-6(4-2-5)11(8,9)10/h1-4H,(H2,8,9,10). The van der Waals surface area contributed by atoms with Crippen molar-refractivity contribution in [3.05, 3.63) is 34.7 Å². The molecule has 0 radical (unpaired) electrons. The van der Waals surface area contributed by atoms with Crippen molar-refractivity contribution in [3.8, 4) is 0 Å². The van der Waals surface area contributed by atoms with Crippen LogP contribution in [0.5, 0.6) is 0 Å². The number of rotatable bonds is 1. The molecule has 11 heavy (non-hydrogen) atoms. The second kappa shape index (κ2) is 2.62. The molecule has 0 bridgehead atoms. The van der Waals surface area contributed by atoms with Crippen molar-refractivity contribution in [3.63, 3.8) is 0 Å². The lowest BCUT2D eigenvalue weighted by molar-refractivity contribution is 0.361. The van der Waals surface area contributed by atoms with Gasteiger partial charge in [0.05, 0.1) is 0 Å². The summed E-state index contributed by atoms with van der Waals surface area (Å²) in [5.74, 6) is 0. The largest absolute Gasteiger partial charge is 0.433 e. The molecule has 0 spiro atoms. The summed E-state index contributed by atoms with van der Waals surface area (Å²) in [5, 5.41) is 0. The third-order valence-corrected chi connectivity index (χ3v) is 1.95. The molecule has 1 aromatic heterocycles. The molecule has 0 amide bonds. The molecule has 0 atom stereocenters. The van der Waals surface area contributed by atoms with Crippen LogP contribution >= 0.6 is 7.75 Å². The van der Waals surface area contributed by atoms with Crippen molar-refractivity contribution >= 4 is 7.75 Å². The molecule has 0 aliphatic carbocycles. The molecule has 1 heterocycles. The second-order valence-corrected chi connectivity index (χ2v) is 3.42. The van der Waals surface area contributed by atoms with Gasteiger partial charge in [0.15, 0.2) is 5.43 Å². The van der Waals surface area contributed by atoms with E-state index in [2.05, 4.69) is 0 Å². The molecule has 0 saturated heterocycles. The Morgan fingerprint density at radius 3 is 2.09 bits per heavy atom. The Morgan fingerprint density at radius 2 is 1.73 bits per heavy atom. The summed E-state index contributed by atoms with van der Waals surface area (Å²) in [6.07, 6.45) is 2.09. The summed E-state index contributed by atoms with van der Waals surface area (Å²) in [6.45, 7) is 0. The zero-order chi connectivity index (χ0) is 8.48. The number of hydrogen-bond donors (Lipinski definition) is 2. The molecule has 5 nitrogen and oxygen atoms in total. The van der Waals surface area contributed by atoms with Crippen LogP contribution in [-0.2, 0) is 4.57 Å². The van der Waals surface area contributed by atoms with Crippen LogP contribution in [0.4, 0.5) is 0 Å². The number of hydrogen-bond acceptors (Lipinski definition) is 2. The predicted octanol–water partition coefficient (Wildman–Crippen LogP) is -0.211. The zero-order valence-electron chi connectivity index (χ0n) is 5.41. The molecule has 60 valence electrons. The highest BCUT2D eigenvalue weighted by Crippen LogP contribution is 2.35. The lowest BCUT2D eigenvalue weighted by Gasteiger charge is -2.05. The maximum absolute atomic E-state index is 10.5. The van der Waals surface area contributed by atoms with Gasteiger partial charge in [-0.15, -0.1) is 0 Å². The highest BCUT2D eigenvalue weighted by atomic mass is 31.2. The SMILES string of the molecule is O=c1ccn(P(=O)(O)O)cc1. The van der Waals surface area contributed by atoms with Crippen LogP contribution < -0.4 is 5.43 Å². The normalized spacial score (nSPS) is 11.5. The molecule has 1 aromatic rings. The summed E-state index contributed by atoms with van der Waals surface area (Å²) >= 11 is 0. The molecule has 6 heteroatoms. The van der Waals surface area contributed by atoms with E-state index in [4.69, 9.17) is 9.79 Å². The maximum Gasteiger partial charge on any atom is 0.433 e. The van der Waals surface area contributed by atoms with Crippen molar-refractivity contribution in [2.24, 2.45) is 0 Å². The van der Waals surface area contributed by atoms with Gasteiger partial charge in [-0.2, -0.15) is 0 Å². The van der Waals surface area contributed by atoms with Gasteiger partial charge in [-0.3, -0.25) is 9.13 Å². The van der Waals surface area contributed by atoms with Gasteiger partial charge in [-0.25, -0.2) is 4.57 Å². The van der Waals surface area contributed by atoms with E-state index in [-0.39, 0.29) is 5.43 Å². The minimum atomic E-state index is -4.26. The van der Waals surface area contributed by atoms with Crippen LogP contribution in [0.15, 0.2) is 29.3 Å². The first-order valence-electron chi connectivity index (χ1n) is 2.75. The molecule has 0 saturated carbocycles. The fourth-order valence-electron chi connectivity index (χ4n) is 0.579. The first-order valence-corrected chi connectivity index (χ1v) is 4.31. The highest BCUT2D eigenvalue weighted by molar-refractivity contribution is 7.50. The molecular formula is C5H6NO4P. The van der Waals surface area contributed by atoms with Crippen molar-refractivity contribution < 1.29 is 14.4 Å². The van der Waals surface area contributed by atoms with E-state index in [1.807, 2.05) is 0 Å². The lowest BCUT2D eigenvalue weighted by atomic mass is 10.5. The summed E-state index contributed by atoms with van der Waals surface area (Å²) in [7, 11) is -4.26. The van der Waals surface area contributed by atoms with Gasteiger partial charge in [-0.1, -0.05) is 0 Å². The van der Waals surface area contributed by atoms with Gasteiger partial charge >= 0.3 is 7.75 Å². The van der Waals surface area contributed by atoms with E-state index in [0.717, 1.165) is 24.5 Å². The van der Waals surface area contributed by atoms with Crippen LogP contribution in [0.2, 0.25) is 0 Å². The predicted molar refractivity (Wildman–Crippen MR) is 38.1 cm³/mol. The third-order valence-electron chi connectivity index (χ3n) is 1.08. The monoisotopic (exact) mass is 175 g/mol. The molecule has 0 fully saturated rings. The van der Waals surface area contributed by atoms with Crippen molar-refractivity contribution in [1.29, 1.82) is 0 Å². The van der Waals surface area contributed by atoms with E-state index in [1.54, 1.807) is 0 Å². The Morgan fingerprint density at radius 1 is 1.27 bits per heavy atom.